The molecule has 0 saturated heterocycles. The molecule has 1 aromatic carbocycles. The maximum Gasteiger partial charge on any atom is 0.262 e. The first-order valence-electron chi connectivity index (χ1n) is 7.10. The number of fused-ring (bicyclic) bond motifs is 1. The topological polar surface area (TPSA) is 64.0 Å². The van der Waals surface area contributed by atoms with E-state index in [0.29, 0.717) is 39.9 Å². The molecule has 118 valence electrons. The van der Waals surface area contributed by atoms with Crippen molar-refractivity contribution >= 4 is 40.2 Å². The van der Waals surface area contributed by atoms with E-state index in [0.717, 1.165) is 6.42 Å². The summed E-state index contributed by atoms with van der Waals surface area (Å²) in [7, 11) is 0. The zero-order valence-electron chi connectivity index (χ0n) is 12.6. The van der Waals surface area contributed by atoms with Gasteiger partial charge in [0.2, 0.25) is 5.91 Å². The molecular weight excluding hydrogens is 322 g/mol. The van der Waals surface area contributed by atoms with Gasteiger partial charge in [-0.1, -0.05) is 30.3 Å². The van der Waals surface area contributed by atoms with Gasteiger partial charge < -0.3 is 5.32 Å². The van der Waals surface area contributed by atoms with Gasteiger partial charge in [0.25, 0.3) is 5.56 Å². The molecule has 0 unspecified atom stereocenters. The molecule has 2 aromatic rings. The molecule has 22 heavy (non-hydrogen) atoms. The average molecular weight is 340 g/mol. The molecule has 5 nitrogen and oxygen atoms in total. The smallest absolute Gasteiger partial charge is 0.262 e. The molecule has 0 fully saturated rings. The summed E-state index contributed by atoms with van der Waals surface area (Å²) in [6.07, 6.45) is 0.847. The highest BCUT2D eigenvalue weighted by Crippen LogP contribution is 2.20. The van der Waals surface area contributed by atoms with Crippen molar-refractivity contribution in [2.45, 2.75) is 32.0 Å². The third-order valence-electron chi connectivity index (χ3n) is 3.04. The number of aromatic nitrogens is 2. The van der Waals surface area contributed by atoms with Gasteiger partial charge in [-0.05, 0) is 24.6 Å². The number of rotatable bonds is 6. The van der Waals surface area contributed by atoms with Crippen LogP contribution in [0.25, 0.3) is 10.9 Å². The fourth-order valence-corrected chi connectivity index (χ4v) is 3.12. The SMILES string of the molecule is CCCn1c(SCCNC(C)=O)nc2cc(Cl)ccc2c1=O. The van der Waals surface area contributed by atoms with Gasteiger partial charge in [0, 0.05) is 30.8 Å². The molecule has 0 saturated carbocycles. The number of nitrogens with zero attached hydrogens (tertiary/aromatic N) is 2. The minimum absolute atomic E-state index is 0.0504. The Kier molecular flexibility index (Phi) is 5.85. The minimum atomic E-state index is -0.0650. The number of halogens is 1. The van der Waals surface area contributed by atoms with E-state index >= 15 is 0 Å². The van der Waals surface area contributed by atoms with Crippen LogP contribution in [0.1, 0.15) is 20.3 Å². The van der Waals surface area contributed by atoms with Crippen molar-refractivity contribution in [1.29, 1.82) is 0 Å². The van der Waals surface area contributed by atoms with Gasteiger partial charge >= 0.3 is 0 Å². The van der Waals surface area contributed by atoms with Crippen LogP contribution in [0.2, 0.25) is 5.02 Å². The number of carbonyl (C=O) groups excluding carboxylic acids is 1. The molecule has 2 rings (SSSR count). The maximum absolute atomic E-state index is 12.6. The van der Waals surface area contributed by atoms with E-state index in [2.05, 4.69) is 10.3 Å². The van der Waals surface area contributed by atoms with E-state index in [9.17, 15) is 9.59 Å². The van der Waals surface area contributed by atoms with Crippen LogP contribution in [-0.4, -0.2) is 27.8 Å². The van der Waals surface area contributed by atoms with E-state index in [1.54, 1.807) is 22.8 Å². The number of hydrogen-bond donors (Lipinski definition) is 1. The lowest BCUT2D eigenvalue weighted by atomic mass is 10.2. The van der Waals surface area contributed by atoms with Gasteiger partial charge in [0.05, 0.1) is 10.9 Å². The van der Waals surface area contributed by atoms with Gasteiger partial charge in [-0.3, -0.25) is 14.2 Å². The van der Waals surface area contributed by atoms with Crippen LogP contribution in [0.15, 0.2) is 28.2 Å². The predicted octanol–water partition coefficient (Wildman–Crippen LogP) is 2.69. The number of benzene rings is 1. The molecule has 0 bridgehead atoms. The van der Waals surface area contributed by atoms with Gasteiger partial charge in [-0.25, -0.2) is 4.98 Å². The van der Waals surface area contributed by atoms with E-state index in [1.807, 2.05) is 6.92 Å². The van der Waals surface area contributed by atoms with E-state index in [-0.39, 0.29) is 11.5 Å². The van der Waals surface area contributed by atoms with Gasteiger partial charge in [0.15, 0.2) is 5.16 Å². The number of thioether (sulfide) groups is 1. The Morgan fingerprint density at radius 3 is 2.91 bits per heavy atom. The summed E-state index contributed by atoms with van der Waals surface area (Å²) in [4.78, 5) is 28.0. The van der Waals surface area contributed by atoms with E-state index in [1.165, 1.54) is 18.7 Å². The molecule has 0 radical (unpaired) electrons. The Bertz CT molecular complexity index is 745. The molecule has 1 amide bonds. The summed E-state index contributed by atoms with van der Waals surface area (Å²) in [5.41, 5.74) is 0.553. The third kappa shape index (κ3) is 4.01. The summed E-state index contributed by atoms with van der Waals surface area (Å²) < 4.78 is 1.69. The number of hydrogen-bond acceptors (Lipinski definition) is 4. The molecule has 0 spiro atoms. The molecule has 1 aromatic heterocycles. The molecule has 0 aliphatic heterocycles. The zero-order chi connectivity index (χ0) is 16.1. The molecule has 7 heteroatoms. The molecule has 0 aliphatic carbocycles. The fourth-order valence-electron chi connectivity index (χ4n) is 2.07. The van der Waals surface area contributed by atoms with Crippen molar-refractivity contribution in [3.8, 4) is 0 Å². The second kappa shape index (κ2) is 7.65. The molecule has 1 heterocycles. The minimum Gasteiger partial charge on any atom is -0.356 e. The molecule has 0 aliphatic rings. The first-order chi connectivity index (χ1) is 10.5. The number of amides is 1. The van der Waals surface area contributed by atoms with E-state index in [4.69, 9.17) is 11.6 Å². The summed E-state index contributed by atoms with van der Waals surface area (Å²) in [6, 6.07) is 5.12. The first-order valence-corrected chi connectivity index (χ1v) is 8.46. The second-order valence-electron chi connectivity index (χ2n) is 4.84. The van der Waals surface area contributed by atoms with Crippen LogP contribution in [-0.2, 0) is 11.3 Å². The van der Waals surface area contributed by atoms with Crippen LogP contribution in [0, 0.1) is 0 Å². The lowest BCUT2D eigenvalue weighted by Crippen LogP contribution is -2.25. The Morgan fingerprint density at radius 2 is 2.23 bits per heavy atom. The summed E-state index contributed by atoms with van der Waals surface area (Å²) >= 11 is 7.44. The standard InChI is InChI=1S/C15H18ClN3O2S/c1-3-7-19-14(21)12-5-4-11(16)9-13(12)18-15(19)22-8-6-17-10(2)20/h4-5,9H,3,6-8H2,1-2H3,(H,17,20). The van der Waals surface area contributed by atoms with Crippen LogP contribution >= 0.6 is 23.4 Å². The van der Waals surface area contributed by atoms with Gasteiger partial charge in [-0.15, -0.1) is 0 Å². The van der Waals surface area contributed by atoms with Crippen LogP contribution < -0.4 is 10.9 Å². The Labute approximate surface area is 138 Å². The highest BCUT2D eigenvalue weighted by atomic mass is 35.5. The summed E-state index contributed by atoms with van der Waals surface area (Å²) in [5, 5.41) is 4.52. The van der Waals surface area contributed by atoms with Crippen molar-refractivity contribution in [1.82, 2.24) is 14.9 Å². The molecular formula is C15H18ClN3O2S. The van der Waals surface area contributed by atoms with Crippen molar-refractivity contribution < 1.29 is 4.79 Å². The highest BCUT2D eigenvalue weighted by molar-refractivity contribution is 7.99. The number of carbonyl (C=O) groups is 1. The van der Waals surface area contributed by atoms with E-state index < -0.39 is 0 Å². The quantitative estimate of drug-likeness (QED) is 0.499. The third-order valence-corrected chi connectivity index (χ3v) is 4.25. The summed E-state index contributed by atoms with van der Waals surface area (Å²) in [5.74, 6) is 0.590. The van der Waals surface area contributed by atoms with Crippen LogP contribution in [0.4, 0.5) is 0 Å². The summed E-state index contributed by atoms with van der Waals surface area (Å²) in [6.45, 7) is 4.65. The maximum atomic E-state index is 12.6. The van der Waals surface area contributed by atoms with Crippen LogP contribution in [0.5, 0.6) is 0 Å². The lowest BCUT2D eigenvalue weighted by Gasteiger charge is -2.12. The largest absolute Gasteiger partial charge is 0.356 e. The second-order valence-corrected chi connectivity index (χ2v) is 6.34. The average Bonchev–Trinajstić information content (AvgIpc) is 2.46. The molecule has 1 N–H and O–H groups in total. The van der Waals surface area contributed by atoms with Crippen molar-refractivity contribution in [2.24, 2.45) is 0 Å². The number of nitrogens with one attached hydrogen (secondary N) is 1. The van der Waals surface area contributed by atoms with Gasteiger partial charge in [0.1, 0.15) is 0 Å². The van der Waals surface area contributed by atoms with Crippen molar-refractivity contribution in [3.63, 3.8) is 0 Å². The fraction of sp³-hybridized carbons (Fsp3) is 0.400. The van der Waals surface area contributed by atoms with Crippen molar-refractivity contribution in [2.75, 3.05) is 12.3 Å². The lowest BCUT2D eigenvalue weighted by molar-refractivity contribution is -0.118. The Morgan fingerprint density at radius 1 is 1.45 bits per heavy atom. The Balaban J connectivity index is 2.35. The van der Waals surface area contributed by atoms with Crippen LogP contribution in [0.3, 0.4) is 0 Å². The zero-order valence-corrected chi connectivity index (χ0v) is 14.1. The van der Waals surface area contributed by atoms with Crippen molar-refractivity contribution in [3.05, 3.63) is 33.6 Å². The normalized spacial score (nSPS) is 10.9. The van der Waals surface area contributed by atoms with Gasteiger partial charge in [-0.2, -0.15) is 0 Å². The predicted molar refractivity (Wildman–Crippen MR) is 90.7 cm³/mol. The monoisotopic (exact) mass is 339 g/mol. The first kappa shape index (κ1) is 16.8. The molecule has 0 atom stereocenters. The Hall–Kier alpha value is -1.53. The highest BCUT2D eigenvalue weighted by Gasteiger charge is 2.11.